The molecule has 0 atom stereocenters. The predicted octanol–water partition coefficient (Wildman–Crippen LogP) is 3.69. The largest absolute Gasteiger partial charge is 0.322 e. The van der Waals surface area contributed by atoms with Gasteiger partial charge in [0.1, 0.15) is 5.82 Å². The number of rotatable bonds is 2. The number of carbonyl (C=O) groups excluding carboxylic acids is 1. The molecule has 2 aromatic carbocycles. The molecule has 0 aliphatic heterocycles. The molecule has 0 unspecified atom stereocenters. The SMILES string of the molecule is Cc1ccc(C(=O)Nc2ccc(F)cc2C)cc1. The first-order valence-electron chi connectivity index (χ1n) is 5.70. The fraction of sp³-hybridized carbons (Fsp3) is 0.133. The highest BCUT2D eigenvalue weighted by molar-refractivity contribution is 6.04. The van der Waals surface area contributed by atoms with Crippen molar-refractivity contribution in [3.8, 4) is 0 Å². The zero-order valence-electron chi connectivity index (χ0n) is 10.3. The number of nitrogens with one attached hydrogen (secondary N) is 1. The van der Waals surface area contributed by atoms with Crippen molar-refractivity contribution in [2.75, 3.05) is 5.32 Å². The second kappa shape index (κ2) is 5.00. The monoisotopic (exact) mass is 243 g/mol. The van der Waals surface area contributed by atoms with E-state index in [0.29, 0.717) is 16.8 Å². The zero-order valence-corrected chi connectivity index (χ0v) is 10.3. The fourth-order valence-electron chi connectivity index (χ4n) is 1.67. The Morgan fingerprint density at radius 2 is 1.72 bits per heavy atom. The van der Waals surface area contributed by atoms with Crippen molar-refractivity contribution in [3.05, 3.63) is 65.0 Å². The second-order valence-corrected chi connectivity index (χ2v) is 4.28. The van der Waals surface area contributed by atoms with Crippen LogP contribution in [-0.4, -0.2) is 5.91 Å². The number of aryl methyl sites for hydroxylation is 2. The molecular formula is C15H14FNO. The number of anilines is 1. The van der Waals surface area contributed by atoms with Crippen LogP contribution < -0.4 is 5.32 Å². The lowest BCUT2D eigenvalue weighted by Crippen LogP contribution is -2.12. The molecule has 0 fully saturated rings. The second-order valence-electron chi connectivity index (χ2n) is 4.28. The van der Waals surface area contributed by atoms with Crippen molar-refractivity contribution in [3.63, 3.8) is 0 Å². The molecule has 2 nitrogen and oxygen atoms in total. The number of hydrogen-bond acceptors (Lipinski definition) is 1. The van der Waals surface area contributed by atoms with E-state index >= 15 is 0 Å². The number of halogens is 1. The van der Waals surface area contributed by atoms with Crippen LogP contribution >= 0.6 is 0 Å². The van der Waals surface area contributed by atoms with Gasteiger partial charge < -0.3 is 5.32 Å². The van der Waals surface area contributed by atoms with Gasteiger partial charge in [-0.1, -0.05) is 17.7 Å². The van der Waals surface area contributed by atoms with Crippen LogP contribution in [0.25, 0.3) is 0 Å². The van der Waals surface area contributed by atoms with E-state index in [-0.39, 0.29) is 11.7 Å². The predicted molar refractivity (Wildman–Crippen MR) is 70.3 cm³/mol. The topological polar surface area (TPSA) is 29.1 Å². The fourth-order valence-corrected chi connectivity index (χ4v) is 1.67. The third kappa shape index (κ3) is 2.74. The third-order valence-corrected chi connectivity index (χ3v) is 2.75. The molecule has 1 amide bonds. The van der Waals surface area contributed by atoms with E-state index in [1.807, 2.05) is 19.1 Å². The van der Waals surface area contributed by atoms with Crippen LogP contribution in [0.3, 0.4) is 0 Å². The maximum atomic E-state index is 12.9. The summed E-state index contributed by atoms with van der Waals surface area (Å²) in [6, 6.07) is 11.6. The Labute approximate surface area is 105 Å². The van der Waals surface area contributed by atoms with Crippen molar-refractivity contribution in [2.45, 2.75) is 13.8 Å². The highest BCUT2D eigenvalue weighted by atomic mass is 19.1. The van der Waals surface area contributed by atoms with E-state index < -0.39 is 0 Å². The van der Waals surface area contributed by atoms with Gasteiger partial charge in [-0.2, -0.15) is 0 Å². The molecule has 0 radical (unpaired) electrons. The van der Waals surface area contributed by atoms with Crippen LogP contribution in [-0.2, 0) is 0 Å². The molecule has 0 aromatic heterocycles. The van der Waals surface area contributed by atoms with Crippen LogP contribution in [0.15, 0.2) is 42.5 Å². The van der Waals surface area contributed by atoms with Crippen LogP contribution in [0.4, 0.5) is 10.1 Å². The molecule has 2 aromatic rings. The van der Waals surface area contributed by atoms with Gasteiger partial charge in [-0.05, 0) is 49.7 Å². The van der Waals surface area contributed by atoms with E-state index in [0.717, 1.165) is 5.56 Å². The molecule has 0 spiro atoms. The Balaban J connectivity index is 2.18. The van der Waals surface area contributed by atoms with Gasteiger partial charge in [-0.3, -0.25) is 4.79 Å². The smallest absolute Gasteiger partial charge is 0.255 e. The van der Waals surface area contributed by atoms with Crippen molar-refractivity contribution in [1.82, 2.24) is 0 Å². The minimum absolute atomic E-state index is 0.190. The van der Waals surface area contributed by atoms with Gasteiger partial charge in [0.05, 0.1) is 0 Å². The molecule has 1 N–H and O–H groups in total. The normalized spacial score (nSPS) is 10.2. The molecule has 0 bridgehead atoms. The quantitative estimate of drug-likeness (QED) is 0.856. The van der Waals surface area contributed by atoms with Gasteiger partial charge >= 0.3 is 0 Å². The Hall–Kier alpha value is -2.16. The van der Waals surface area contributed by atoms with E-state index in [1.54, 1.807) is 25.1 Å². The molecule has 0 aliphatic rings. The summed E-state index contributed by atoms with van der Waals surface area (Å²) in [5.41, 5.74) is 3.02. The van der Waals surface area contributed by atoms with E-state index in [2.05, 4.69) is 5.32 Å². The number of carbonyl (C=O) groups is 1. The molecule has 92 valence electrons. The molecule has 0 aliphatic carbocycles. The Kier molecular flexibility index (Phi) is 3.42. The Morgan fingerprint density at radius 1 is 1.06 bits per heavy atom. The van der Waals surface area contributed by atoms with Crippen molar-refractivity contribution in [2.24, 2.45) is 0 Å². The van der Waals surface area contributed by atoms with Crippen LogP contribution in [0, 0.1) is 19.7 Å². The van der Waals surface area contributed by atoms with Crippen LogP contribution in [0.2, 0.25) is 0 Å². The van der Waals surface area contributed by atoms with Gasteiger partial charge in [-0.25, -0.2) is 4.39 Å². The molecule has 0 saturated heterocycles. The van der Waals surface area contributed by atoms with E-state index in [1.165, 1.54) is 12.1 Å². The summed E-state index contributed by atoms with van der Waals surface area (Å²) >= 11 is 0. The average Bonchev–Trinajstić information content (AvgIpc) is 2.33. The summed E-state index contributed by atoms with van der Waals surface area (Å²) in [7, 11) is 0. The van der Waals surface area contributed by atoms with Crippen molar-refractivity contribution in [1.29, 1.82) is 0 Å². The van der Waals surface area contributed by atoms with Crippen LogP contribution in [0.5, 0.6) is 0 Å². The van der Waals surface area contributed by atoms with Gasteiger partial charge in [0, 0.05) is 11.3 Å². The lowest BCUT2D eigenvalue weighted by molar-refractivity contribution is 0.102. The molecule has 0 heterocycles. The summed E-state index contributed by atoms with van der Waals surface area (Å²) in [5, 5.41) is 2.77. The first kappa shape index (κ1) is 12.3. The van der Waals surface area contributed by atoms with E-state index in [9.17, 15) is 9.18 Å². The number of amides is 1. The highest BCUT2D eigenvalue weighted by Crippen LogP contribution is 2.16. The number of benzene rings is 2. The average molecular weight is 243 g/mol. The van der Waals surface area contributed by atoms with Gasteiger partial charge in [0.25, 0.3) is 5.91 Å². The molecule has 3 heteroatoms. The minimum atomic E-state index is -0.305. The summed E-state index contributed by atoms with van der Waals surface area (Å²) < 4.78 is 12.9. The maximum Gasteiger partial charge on any atom is 0.255 e. The van der Waals surface area contributed by atoms with Gasteiger partial charge in [-0.15, -0.1) is 0 Å². The highest BCUT2D eigenvalue weighted by Gasteiger charge is 2.07. The van der Waals surface area contributed by atoms with Crippen molar-refractivity contribution >= 4 is 11.6 Å². The lowest BCUT2D eigenvalue weighted by Gasteiger charge is -2.08. The zero-order chi connectivity index (χ0) is 13.1. The van der Waals surface area contributed by atoms with Gasteiger partial charge in [0.15, 0.2) is 0 Å². The molecule has 2 rings (SSSR count). The van der Waals surface area contributed by atoms with E-state index in [4.69, 9.17) is 0 Å². The maximum absolute atomic E-state index is 12.9. The Morgan fingerprint density at radius 3 is 2.33 bits per heavy atom. The van der Waals surface area contributed by atoms with Gasteiger partial charge in [0.2, 0.25) is 0 Å². The standard InChI is InChI=1S/C15H14FNO/c1-10-3-5-12(6-4-10)15(18)17-14-8-7-13(16)9-11(14)2/h3-9H,1-2H3,(H,17,18). The number of hydrogen-bond donors (Lipinski definition) is 1. The summed E-state index contributed by atoms with van der Waals surface area (Å²) in [6.45, 7) is 3.72. The Bertz CT molecular complexity index is 576. The third-order valence-electron chi connectivity index (χ3n) is 2.75. The lowest BCUT2D eigenvalue weighted by atomic mass is 10.1. The minimum Gasteiger partial charge on any atom is -0.322 e. The molecule has 18 heavy (non-hydrogen) atoms. The first-order valence-corrected chi connectivity index (χ1v) is 5.70. The summed E-state index contributed by atoms with van der Waals surface area (Å²) in [6.07, 6.45) is 0. The summed E-state index contributed by atoms with van der Waals surface area (Å²) in [5.74, 6) is -0.495. The molecular weight excluding hydrogens is 229 g/mol. The summed E-state index contributed by atoms with van der Waals surface area (Å²) in [4.78, 5) is 12.0. The molecule has 0 saturated carbocycles. The van der Waals surface area contributed by atoms with Crippen LogP contribution in [0.1, 0.15) is 21.5 Å². The van der Waals surface area contributed by atoms with Crippen molar-refractivity contribution < 1.29 is 9.18 Å². The first-order chi connectivity index (χ1) is 8.56.